The molecule has 106 valence electrons. The van der Waals surface area contributed by atoms with Gasteiger partial charge in [-0.1, -0.05) is 41.5 Å². The Balaban J connectivity index is 3.63. The zero-order valence-electron chi connectivity index (χ0n) is 12.7. The van der Waals surface area contributed by atoms with Crippen molar-refractivity contribution in [1.82, 2.24) is 0 Å². The van der Waals surface area contributed by atoms with E-state index in [0.717, 1.165) is 21.6 Å². The normalized spacial score (nSPS) is 12.6. The number of benzene rings is 1. The van der Waals surface area contributed by atoms with Crippen LogP contribution in [0.4, 0.5) is 0 Å². The van der Waals surface area contributed by atoms with E-state index in [9.17, 15) is 9.90 Å². The average molecular weight is 280 g/mol. The second-order valence-corrected chi connectivity index (χ2v) is 7.61. The maximum atomic E-state index is 11.2. The van der Waals surface area contributed by atoms with E-state index in [0.29, 0.717) is 0 Å². The maximum absolute atomic E-state index is 11.2. The van der Waals surface area contributed by atoms with Crippen LogP contribution >= 0.6 is 12.6 Å². The smallest absolute Gasteiger partial charge is 0.307 e. The molecule has 0 saturated carbocycles. The Bertz CT molecular complexity index is 455. The summed E-state index contributed by atoms with van der Waals surface area (Å²) in [6.07, 6.45) is 0.0628. The molecule has 2 nitrogen and oxygen atoms in total. The van der Waals surface area contributed by atoms with E-state index in [1.54, 1.807) is 0 Å². The molecule has 1 aromatic carbocycles. The summed E-state index contributed by atoms with van der Waals surface area (Å²) < 4.78 is 0. The predicted octanol–water partition coefficient (Wildman–Crippen LogP) is 4.20. The third-order valence-corrected chi connectivity index (χ3v) is 3.44. The highest BCUT2D eigenvalue weighted by Crippen LogP contribution is 2.36. The van der Waals surface area contributed by atoms with Crippen LogP contribution in [-0.4, -0.2) is 11.1 Å². The molecule has 0 atom stereocenters. The molecular formula is C16H24O2S. The van der Waals surface area contributed by atoms with Crippen LogP contribution in [0.5, 0.6) is 0 Å². The summed E-state index contributed by atoms with van der Waals surface area (Å²) >= 11 is 4.48. The minimum Gasteiger partial charge on any atom is -0.481 e. The quantitative estimate of drug-likeness (QED) is 0.797. The molecule has 0 heterocycles. The first-order chi connectivity index (χ1) is 8.43. The Labute approximate surface area is 121 Å². The lowest BCUT2D eigenvalue weighted by Gasteiger charge is -2.30. The molecule has 0 amide bonds. The third kappa shape index (κ3) is 4.00. The van der Waals surface area contributed by atoms with Gasteiger partial charge in [0, 0.05) is 4.90 Å². The molecule has 1 rings (SSSR count). The third-order valence-electron chi connectivity index (χ3n) is 3.18. The van der Waals surface area contributed by atoms with Crippen LogP contribution in [0.15, 0.2) is 17.0 Å². The molecule has 0 unspecified atom stereocenters. The molecule has 3 heteroatoms. The number of hydrogen-bond acceptors (Lipinski definition) is 2. The summed E-state index contributed by atoms with van der Waals surface area (Å²) in [6.45, 7) is 12.6. The van der Waals surface area contributed by atoms with E-state index in [-0.39, 0.29) is 17.3 Å². The van der Waals surface area contributed by atoms with Crippen LogP contribution < -0.4 is 0 Å². The zero-order chi connectivity index (χ0) is 15.0. The number of aliphatic carboxylic acids is 1. The average Bonchev–Trinajstić information content (AvgIpc) is 2.16. The van der Waals surface area contributed by atoms with Crippen molar-refractivity contribution >= 4 is 18.6 Å². The van der Waals surface area contributed by atoms with Crippen LogP contribution in [0.25, 0.3) is 0 Å². The van der Waals surface area contributed by atoms with E-state index < -0.39 is 5.97 Å². The van der Waals surface area contributed by atoms with Crippen molar-refractivity contribution < 1.29 is 9.90 Å². The molecule has 0 fully saturated rings. The molecular weight excluding hydrogens is 256 g/mol. The summed E-state index contributed by atoms with van der Waals surface area (Å²) in [4.78, 5) is 12.1. The Morgan fingerprint density at radius 2 is 1.42 bits per heavy atom. The first kappa shape index (κ1) is 16.1. The highest BCUT2D eigenvalue weighted by atomic mass is 32.1. The van der Waals surface area contributed by atoms with Gasteiger partial charge in [-0.2, -0.15) is 0 Å². The van der Waals surface area contributed by atoms with Gasteiger partial charge in [0.25, 0.3) is 0 Å². The molecule has 0 aliphatic rings. The van der Waals surface area contributed by atoms with Crippen LogP contribution in [0.2, 0.25) is 0 Å². The molecule has 0 bridgehead atoms. The molecule has 1 N–H and O–H groups in total. The van der Waals surface area contributed by atoms with Crippen molar-refractivity contribution in [2.45, 2.75) is 63.7 Å². The number of carboxylic acids is 1. The SMILES string of the molecule is CC(C)(C)c1cc(S)cc(C(C)(C)C)c1CC(=O)O. The number of rotatable bonds is 2. The summed E-state index contributed by atoms with van der Waals surface area (Å²) in [5, 5.41) is 9.20. The van der Waals surface area contributed by atoms with Gasteiger partial charge in [-0.25, -0.2) is 0 Å². The Hall–Kier alpha value is -0.960. The summed E-state index contributed by atoms with van der Waals surface area (Å²) in [5.74, 6) is -0.789. The lowest BCUT2D eigenvalue weighted by atomic mass is 9.75. The summed E-state index contributed by atoms with van der Waals surface area (Å²) in [7, 11) is 0. The Morgan fingerprint density at radius 1 is 1.05 bits per heavy atom. The fraction of sp³-hybridized carbons (Fsp3) is 0.562. The molecule has 0 aliphatic heterocycles. The molecule has 0 radical (unpaired) electrons. The second-order valence-electron chi connectivity index (χ2n) is 7.09. The molecule has 0 aliphatic carbocycles. The molecule has 0 spiro atoms. The monoisotopic (exact) mass is 280 g/mol. The number of carbonyl (C=O) groups is 1. The second kappa shape index (κ2) is 5.20. The molecule has 0 aromatic heterocycles. The Morgan fingerprint density at radius 3 is 1.68 bits per heavy atom. The highest BCUT2D eigenvalue weighted by Gasteiger charge is 2.27. The van der Waals surface area contributed by atoms with E-state index in [4.69, 9.17) is 0 Å². The van der Waals surface area contributed by atoms with E-state index in [1.807, 2.05) is 12.1 Å². The van der Waals surface area contributed by atoms with Gasteiger partial charge in [0.2, 0.25) is 0 Å². The van der Waals surface area contributed by atoms with Gasteiger partial charge in [0.1, 0.15) is 0 Å². The van der Waals surface area contributed by atoms with Gasteiger partial charge in [0.15, 0.2) is 0 Å². The minimum atomic E-state index is -0.789. The number of hydrogen-bond donors (Lipinski definition) is 2. The predicted molar refractivity (Wildman–Crippen MR) is 82.4 cm³/mol. The lowest BCUT2D eigenvalue weighted by Crippen LogP contribution is -2.23. The maximum Gasteiger partial charge on any atom is 0.307 e. The van der Waals surface area contributed by atoms with Crippen LogP contribution in [-0.2, 0) is 22.0 Å². The van der Waals surface area contributed by atoms with Gasteiger partial charge in [-0.15, -0.1) is 12.6 Å². The van der Waals surface area contributed by atoms with Gasteiger partial charge in [0.05, 0.1) is 6.42 Å². The zero-order valence-corrected chi connectivity index (χ0v) is 13.6. The van der Waals surface area contributed by atoms with E-state index in [1.165, 1.54) is 0 Å². The van der Waals surface area contributed by atoms with Gasteiger partial charge in [-0.3, -0.25) is 4.79 Å². The van der Waals surface area contributed by atoms with Gasteiger partial charge in [-0.05, 0) is 39.7 Å². The first-order valence-corrected chi connectivity index (χ1v) is 6.96. The van der Waals surface area contributed by atoms with Crippen LogP contribution in [0.1, 0.15) is 58.2 Å². The van der Waals surface area contributed by atoms with Gasteiger partial charge < -0.3 is 5.11 Å². The van der Waals surface area contributed by atoms with Crippen LogP contribution in [0.3, 0.4) is 0 Å². The number of carboxylic acid groups (broad SMARTS) is 1. The van der Waals surface area contributed by atoms with Crippen molar-refractivity contribution in [2.24, 2.45) is 0 Å². The fourth-order valence-electron chi connectivity index (χ4n) is 2.34. The molecule has 1 aromatic rings. The van der Waals surface area contributed by atoms with Gasteiger partial charge >= 0.3 is 5.97 Å². The summed E-state index contributed by atoms with van der Waals surface area (Å²) in [6, 6.07) is 3.99. The van der Waals surface area contributed by atoms with E-state index in [2.05, 4.69) is 54.2 Å². The Kier molecular flexibility index (Phi) is 4.40. The highest BCUT2D eigenvalue weighted by molar-refractivity contribution is 7.80. The van der Waals surface area contributed by atoms with Crippen LogP contribution in [0, 0.1) is 0 Å². The minimum absolute atomic E-state index is 0.0628. The molecule has 19 heavy (non-hydrogen) atoms. The summed E-state index contributed by atoms with van der Waals surface area (Å²) in [5.41, 5.74) is 2.90. The first-order valence-electron chi connectivity index (χ1n) is 6.51. The fourth-order valence-corrected chi connectivity index (χ4v) is 2.59. The van der Waals surface area contributed by atoms with Crippen molar-refractivity contribution in [2.75, 3.05) is 0 Å². The topological polar surface area (TPSA) is 37.3 Å². The van der Waals surface area contributed by atoms with Crippen molar-refractivity contribution in [3.05, 3.63) is 28.8 Å². The standard InChI is InChI=1S/C16H24O2S/c1-15(2,3)12-7-10(19)8-13(16(4,5)6)11(12)9-14(17)18/h7-8,19H,9H2,1-6H3,(H,17,18). The largest absolute Gasteiger partial charge is 0.481 e. The van der Waals surface area contributed by atoms with E-state index >= 15 is 0 Å². The molecule has 0 saturated heterocycles. The van der Waals surface area contributed by atoms with Crippen molar-refractivity contribution in [1.29, 1.82) is 0 Å². The lowest BCUT2D eigenvalue weighted by molar-refractivity contribution is -0.136. The van der Waals surface area contributed by atoms with Crippen molar-refractivity contribution in [3.63, 3.8) is 0 Å². The van der Waals surface area contributed by atoms with Crippen molar-refractivity contribution in [3.8, 4) is 0 Å². The number of thiol groups is 1.